The van der Waals surface area contributed by atoms with Crippen LogP contribution in [0, 0.1) is 5.82 Å². The topological polar surface area (TPSA) is 9.23 Å². The molecule has 4 aromatic rings. The molecule has 1 nitrogen and oxygen atoms in total. The van der Waals surface area contributed by atoms with Crippen molar-refractivity contribution < 1.29 is 9.13 Å². The standard InChI is InChI=1S/C25H18ClFO/c1-28-25-18(17-9-3-2-4-10-17)13-7-15-22(25)20-12-6-5-11-19(20)21-14-8-16-23(26)24(21)27/h2-16H,1H3. The van der Waals surface area contributed by atoms with Crippen LogP contribution in [0.25, 0.3) is 33.4 Å². The van der Waals surface area contributed by atoms with Gasteiger partial charge in [0.2, 0.25) is 0 Å². The lowest BCUT2D eigenvalue weighted by molar-refractivity contribution is 0.418. The molecule has 4 aromatic carbocycles. The molecule has 0 atom stereocenters. The maximum Gasteiger partial charge on any atom is 0.149 e. The van der Waals surface area contributed by atoms with E-state index in [2.05, 4.69) is 0 Å². The molecule has 0 heterocycles. The van der Waals surface area contributed by atoms with Gasteiger partial charge in [-0.2, -0.15) is 0 Å². The van der Waals surface area contributed by atoms with Crippen molar-refractivity contribution in [3.8, 4) is 39.1 Å². The van der Waals surface area contributed by atoms with Crippen LogP contribution in [0.15, 0.2) is 91.0 Å². The predicted octanol–water partition coefficient (Wildman–Crippen LogP) is 7.49. The average molecular weight is 389 g/mol. The number of methoxy groups -OCH3 is 1. The van der Waals surface area contributed by atoms with Gasteiger partial charge in [-0.3, -0.25) is 0 Å². The molecule has 0 fully saturated rings. The average Bonchev–Trinajstić information content (AvgIpc) is 2.76. The molecular formula is C25H18ClFO. The van der Waals surface area contributed by atoms with Crippen molar-refractivity contribution >= 4 is 11.6 Å². The number of hydrogen-bond acceptors (Lipinski definition) is 1. The van der Waals surface area contributed by atoms with E-state index in [9.17, 15) is 4.39 Å². The summed E-state index contributed by atoms with van der Waals surface area (Å²) in [6.07, 6.45) is 0. The van der Waals surface area contributed by atoms with E-state index in [4.69, 9.17) is 16.3 Å². The lowest BCUT2D eigenvalue weighted by Crippen LogP contribution is -1.94. The lowest BCUT2D eigenvalue weighted by atomic mass is 9.91. The van der Waals surface area contributed by atoms with E-state index in [-0.39, 0.29) is 5.02 Å². The molecule has 0 amide bonds. The summed E-state index contributed by atoms with van der Waals surface area (Å²) in [5, 5.41) is 0.109. The highest BCUT2D eigenvalue weighted by molar-refractivity contribution is 6.31. The zero-order chi connectivity index (χ0) is 19.5. The summed E-state index contributed by atoms with van der Waals surface area (Å²) in [4.78, 5) is 0. The van der Waals surface area contributed by atoms with Crippen LogP contribution in [0.4, 0.5) is 4.39 Å². The molecule has 0 aliphatic carbocycles. The Bertz CT molecular complexity index is 1120. The van der Waals surface area contributed by atoms with Crippen LogP contribution < -0.4 is 4.74 Å². The Morgan fingerprint density at radius 2 is 1.14 bits per heavy atom. The van der Waals surface area contributed by atoms with Gasteiger partial charge in [0.25, 0.3) is 0 Å². The molecule has 28 heavy (non-hydrogen) atoms. The fraction of sp³-hybridized carbons (Fsp3) is 0.0400. The molecule has 0 aliphatic heterocycles. The predicted molar refractivity (Wildman–Crippen MR) is 114 cm³/mol. The maximum absolute atomic E-state index is 14.7. The molecular weight excluding hydrogens is 371 g/mol. The smallest absolute Gasteiger partial charge is 0.149 e. The van der Waals surface area contributed by atoms with Crippen LogP contribution in [-0.2, 0) is 0 Å². The molecule has 0 saturated carbocycles. The molecule has 0 bridgehead atoms. The SMILES string of the molecule is COc1c(-c2ccccc2)cccc1-c1ccccc1-c1cccc(Cl)c1F. The third-order valence-electron chi connectivity index (χ3n) is 4.76. The highest BCUT2D eigenvalue weighted by atomic mass is 35.5. The Morgan fingerprint density at radius 1 is 0.607 bits per heavy atom. The molecule has 138 valence electrons. The minimum atomic E-state index is -0.421. The van der Waals surface area contributed by atoms with Crippen molar-refractivity contribution in [3.05, 3.63) is 102 Å². The molecule has 0 aliphatic rings. The van der Waals surface area contributed by atoms with Crippen molar-refractivity contribution in [3.63, 3.8) is 0 Å². The van der Waals surface area contributed by atoms with E-state index in [1.807, 2.05) is 72.8 Å². The summed E-state index contributed by atoms with van der Waals surface area (Å²) in [6.45, 7) is 0. The Kier molecular flexibility index (Phi) is 5.14. The third kappa shape index (κ3) is 3.28. The second-order valence-electron chi connectivity index (χ2n) is 6.40. The molecule has 0 unspecified atom stereocenters. The lowest BCUT2D eigenvalue weighted by Gasteiger charge is -2.17. The van der Waals surface area contributed by atoms with E-state index >= 15 is 0 Å². The second kappa shape index (κ2) is 7.87. The van der Waals surface area contributed by atoms with Crippen LogP contribution in [-0.4, -0.2) is 7.11 Å². The van der Waals surface area contributed by atoms with E-state index in [1.54, 1.807) is 25.3 Å². The summed E-state index contributed by atoms with van der Waals surface area (Å²) in [5.74, 6) is 0.332. The molecule has 0 N–H and O–H groups in total. The van der Waals surface area contributed by atoms with Crippen molar-refractivity contribution in [2.45, 2.75) is 0 Å². The Labute approximate surface area is 169 Å². The monoisotopic (exact) mass is 388 g/mol. The summed E-state index contributed by atoms with van der Waals surface area (Å²) < 4.78 is 20.6. The first kappa shape index (κ1) is 18.3. The van der Waals surface area contributed by atoms with E-state index in [1.165, 1.54) is 0 Å². The van der Waals surface area contributed by atoms with Gasteiger partial charge in [-0.05, 0) is 22.8 Å². The Hall–Kier alpha value is -3.10. The van der Waals surface area contributed by atoms with Crippen LogP contribution >= 0.6 is 11.6 Å². The first-order valence-corrected chi connectivity index (χ1v) is 9.34. The van der Waals surface area contributed by atoms with Gasteiger partial charge < -0.3 is 4.74 Å². The zero-order valence-corrected chi connectivity index (χ0v) is 16.1. The van der Waals surface area contributed by atoms with Gasteiger partial charge in [-0.25, -0.2) is 4.39 Å². The molecule has 0 spiro atoms. The van der Waals surface area contributed by atoms with Crippen molar-refractivity contribution in [2.24, 2.45) is 0 Å². The molecule has 0 aromatic heterocycles. The zero-order valence-electron chi connectivity index (χ0n) is 15.3. The van der Waals surface area contributed by atoms with Crippen molar-refractivity contribution in [1.29, 1.82) is 0 Å². The normalized spacial score (nSPS) is 10.7. The first-order chi connectivity index (χ1) is 13.7. The maximum atomic E-state index is 14.7. The summed E-state index contributed by atoms with van der Waals surface area (Å²) >= 11 is 6.03. The molecule has 4 rings (SSSR count). The largest absolute Gasteiger partial charge is 0.495 e. The molecule has 0 radical (unpaired) electrons. The Morgan fingerprint density at radius 3 is 1.86 bits per heavy atom. The van der Waals surface area contributed by atoms with Gasteiger partial charge in [0.05, 0.1) is 12.1 Å². The number of rotatable bonds is 4. The van der Waals surface area contributed by atoms with E-state index in [0.29, 0.717) is 5.56 Å². The molecule has 3 heteroatoms. The summed E-state index contributed by atoms with van der Waals surface area (Å²) in [6, 6.07) is 28.9. The minimum Gasteiger partial charge on any atom is -0.495 e. The van der Waals surface area contributed by atoms with Gasteiger partial charge in [-0.15, -0.1) is 0 Å². The van der Waals surface area contributed by atoms with E-state index in [0.717, 1.165) is 33.6 Å². The van der Waals surface area contributed by atoms with Gasteiger partial charge in [0.15, 0.2) is 0 Å². The van der Waals surface area contributed by atoms with Crippen molar-refractivity contribution in [2.75, 3.05) is 7.11 Å². The molecule has 0 saturated heterocycles. The number of halogens is 2. The van der Waals surface area contributed by atoms with Gasteiger partial charge in [0, 0.05) is 16.7 Å². The number of ether oxygens (including phenoxy) is 1. The fourth-order valence-electron chi connectivity index (χ4n) is 3.48. The second-order valence-corrected chi connectivity index (χ2v) is 6.81. The van der Waals surface area contributed by atoms with Crippen molar-refractivity contribution in [1.82, 2.24) is 0 Å². The van der Waals surface area contributed by atoms with Crippen LogP contribution in [0.5, 0.6) is 5.75 Å². The van der Waals surface area contributed by atoms with E-state index < -0.39 is 5.82 Å². The first-order valence-electron chi connectivity index (χ1n) is 8.97. The quantitative estimate of drug-likeness (QED) is 0.352. The minimum absolute atomic E-state index is 0.109. The van der Waals surface area contributed by atoms with Gasteiger partial charge in [0.1, 0.15) is 11.6 Å². The van der Waals surface area contributed by atoms with Crippen LogP contribution in [0.3, 0.4) is 0 Å². The highest BCUT2D eigenvalue weighted by Crippen LogP contribution is 2.43. The summed E-state index contributed by atoms with van der Waals surface area (Å²) in [7, 11) is 1.66. The number of benzene rings is 4. The highest BCUT2D eigenvalue weighted by Gasteiger charge is 2.17. The van der Waals surface area contributed by atoms with Gasteiger partial charge in [-0.1, -0.05) is 96.5 Å². The Balaban J connectivity index is 1.96. The fourth-order valence-corrected chi connectivity index (χ4v) is 3.65. The summed E-state index contributed by atoms with van der Waals surface area (Å²) in [5.41, 5.74) is 5.08. The number of para-hydroxylation sites is 1. The van der Waals surface area contributed by atoms with Crippen LogP contribution in [0.2, 0.25) is 5.02 Å². The third-order valence-corrected chi connectivity index (χ3v) is 5.05. The van der Waals surface area contributed by atoms with Gasteiger partial charge >= 0.3 is 0 Å². The number of hydrogen-bond donors (Lipinski definition) is 0. The van der Waals surface area contributed by atoms with Crippen LogP contribution in [0.1, 0.15) is 0 Å².